The molecule has 0 unspecified atom stereocenters. The number of hydrogen-bond acceptors (Lipinski definition) is 4. The minimum atomic E-state index is -1.25. The van der Waals surface area contributed by atoms with Gasteiger partial charge in [0.1, 0.15) is 17.1 Å². The van der Waals surface area contributed by atoms with Gasteiger partial charge in [-0.25, -0.2) is 9.18 Å². The monoisotopic (exact) mass is 425 g/mol. The normalized spacial score (nSPS) is 15.3. The lowest BCUT2D eigenvalue weighted by molar-refractivity contribution is 0.0693. The minimum Gasteiger partial charge on any atom is -0.493 e. The number of ether oxygens (including phenoxy) is 1. The van der Waals surface area contributed by atoms with Crippen molar-refractivity contribution >= 4 is 5.97 Å². The first-order valence-electron chi connectivity index (χ1n) is 10.1. The molecule has 0 amide bonds. The van der Waals surface area contributed by atoms with Crippen LogP contribution in [0.4, 0.5) is 4.39 Å². The van der Waals surface area contributed by atoms with Crippen LogP contribution in [0.5, 0.6) is 5.75 Å². The van der Waals surface area contributed by atoms with E-state index in [-0.39, 0.29) is 17.0 Å². The number of pyridine rings is 1. The molecule has 3 heterocycles. The smallest absolute Gasteiger partial charge is 0.341 e. The van der Waals surface area contributed by atoms with Crippen LogP contribution in [0.1, 0.15) is 44.1 Å². The Balaban J connectivity index is 1.93. The van der Waals surface area contributed by atoms with E-state index in [1.54, 1.807) is 6.07 Å². The maximum Gasteiger partial charge on any atom is 0.341 e. The van der Waals surface area contributed by atoms with Crippen LogP contribution in [0, 0.1) is 11.2 Å². The van der Waals surface area contributed by atoms with Crippen LogP contribution < -0.4 is 10.2 Å². The van der Waals surface area contributed by atoms with Gasteiger partial charge in [0.2, 0.25) is 0 Å². The van der Waals surface area contributed by atoms with E-state index in [4.69, 9.17) is 9.84 Å². The van der Waals surface area contributed by atoms with E-state index in [2.05, 4.69) is 20.8 Å². The molecule has 1 N–H and O–H groups in total. The summed E-state index contributed by atoms with van der Waals surface area (Å²) in [5, 5.41) is 14.2. The summed E-state index contributed by atoms with van der Waals surface area (Å²) in [4.78, 5) is 24.0. The van der Waals surface area contributed by atoms with E-state index in [0.717, 1.165) is 0 Å². The Morgan fingerprint density at radius 1 is 1.26 bits per heavy atom. The molecule has 7 nitrogen and oxygen atoms in total. The second kappa shape index (κ2) is 7.37. The summed E-state index contributed by atoms with van der Waals surface area (Å²) >= 11 is 0. The molecule has 0 fully saturated rings. The van der Waals surface area contributed by atoms with Gasteiger partial charge in [-0.2, -0.15) is 5.10 Å². The predicted molar refractivity (Wildman–Crippen MR) is 114 cm³/mol. The molecule has 0 aliphatic carbocycles. The predicted octanol–water partition coefficient (Wildman–Crippen LogP) is 4.22. The van der Waals surface area contributed by atoms with E-state index >= 15 is 0 Å². The average Bonchev–Trinajstić information content (AvgIpc) is 3.10. The summed E-state index contributed by atoms with van der Waals surface area (Å²) in [6, 6.07) is 7.35. The molecule has 3 aromatic rings. The zero-order valence-corrected chi connectivity index (χ0v) is 17.8. The van der Waals surface area contributed by atoms with Crippen LogP contribution in [0.3, 0.4) is 0 Å². The molecular formula is C23H24FN3O4. The van der Waals surface area contributed by atoms with Crippen LogP contribution in [0.25, 0.3) is 22.6 Å². The number of carbonyl (C=O) groups is 1. The van der Waals surface area contributed by atoms with Gasteiger partial charge >= 0.3 is 5.97 Å². The van der Waals surface area contributed by atoms with E-state index in [0.29, 0.717) is 41.5 Å². The number of carboxylic acids is 1. The third kappa shape index (κ3) is 3.62. The van der Waals surface area contributed by atoms with Crippen molar-refractivity contribution in [1.82, 2.24) is 14.3 Å². The van der Waals surface area contributed by atoms with Crippen molar-refractivity contribution in [3.63, 3.8) is 0 Å². The molecule has 0 saturated carbocycles. The largest absolute Gasteiger partial charge is 0.493 e. The van der Waals surface area contributed by atoms with Crippen LogP contribution in [0.2, 0.25) is 0 Å². The van der Waals surface area contributed by atoms with Gasteiger partial charge in [0, 0.05) is 23.9 Å². The van der Waals surface area contributed by atoms with Crippen molar-refractivity contribution in [2.75, 3.05) is 6.61 Å². The number of nitrogens with zero attached hydrogens (tertiary/aromatic N) is 3. The zero-order chi connectivity index (χ0) is 22.5. The molecular weight excluding hydrogens is 401 g/mol. The highest BCUT2D eigenvalue weighted by Gasteiger charge is 2.34. The lowest BCUT2D eigenvalue weighted by Gasteiger charge is -2.38. The molecule has 1 aliphatic heterocycles. The Morgan fingerprint density at radius 2 is 2.00 bits per heavy atom. The molecule has 0 spiro atoms. The summed E-state index contributed by atoms with van der Waals surface area (Å²) in [7, 11) is 0. The first-order chi connectivity index (χ1) is 14.6. The summed E-state index contributed by atoms with van der Waals surface area (Å²) in [5.41, 5.74) is 1.48. The van der Waals surface area contributed by atoms with E-state index in [1.807, 2.05) is 22.2 Å². The Morgan fingerprint density at radius 3 is 2.65 bits per heavy atom. The van der Waals surface area contributed by atoms with Crippen LogP contribution >= 0.6 is 0 Å². The summed E-state index contributed by atoms with van der Waals surface area (Å²) < 4.78 is 23.0. The van der Waals surface area contributed by atoms with Crippen LogP contribution in [-0.4, -0.2) is 32.0 Å². The van der Waals surface area contributed by atoms with E-state index in [1.165, 1.54) is 24.4 Å². The quantitative estimate of drug-likeness (QED) is 0.677. The number of aromatic nitrogens is 3. The van der Waals surface area contributed by atoms with Gasteiger partial charge in [0.25, 0.3) is 0 Å². The van der Waals surface area contributed by atoms with Gasteiger partial charge in [0.05, 0.1) is 36.3 Å². The highest BCUT2D eigenvalue weighted by Crippen LogP contribution is 2.41. The van der Waals surface area contributed by atoms with Crippen molar-refractivity contribution in [2.45, 2.75) is 40.3 Å². The molecule has 2 aromatic heterocycles. The highest BCUT2D eigenvalue weighted by molar-refractivity contribution is 5.87. The van der Waals surface area contributed by atoms with E-state index in [9.17, 15) is 19.1 Å². The second-order valence-electron chi connectivity index (χ2n) is 8.70. The van der Waals surface area contributed by atoms with Gasteiger partial charge in [-0.3, -0.25) is 9.48 Å². The zero-order valence-electron chi connectivity index (χ0n) is 17.8. The standard InChI is InChI=1S/C23H24FN3O4/c1-5-31-20-8-13(24)6-7-14(20)16-9-18-17-10-19(28)15(22(29)30)11-26(17)21(23(2,3)4)12-27(18)25-16/h6-11,21H,5,12H2,1-4H3,(H,29,30)/t21-/m0/s1. The SMILES string of the molecule is CCOc1cc(F)ccc1-c1cc2n(n1)C[C@@H](C(C)(C)C)n1cc(C(=O)O)c(=O)cc1-2. The maximum atomic E-state index is 13.7. The number of halogens is 1. The van der Waals surface area contributed by atoms with Gasteiger partial charge in [-0.15, -0.1) is 0 Å². The molecule has 4 rings (SSSR count). The summed E-state index contributed by atoms with van der Waals surface area (Å²) in [6.07, 6.45) is 1.43. The molecule has 0 saturated heterocycles. The van der Waals surface area contributed by atoms with Crippen molar-refractivity contribution < 1.29 is 19.0 Å². The van der Waals surface area contributed by atoms with Crippen molar-refractivity contribution in [1.29, 1.82) is 0 Å². The third-order valence-electron chi connectivity index (χ3n) is 5.55. The second-order valence-corrected chi connectivity index (χ2v) is 8.70. The number of carboxylic acid groups (broad SMARTS) is 1. The lowest BCUT2D eigenvalue weighted by atomic mass is 9.85. The Bertz CT molecular complexity index is 1240. The highest BCUT2D eigenvalue weighted by atomic mass is 19.1. The Labute approximate surface area is 178 Å². The molecule has 1 aliphatic rings. The fourth-order valence-electron chi connectivity index (χ4n) is 3.99. The Kier molecular flexibility index (Phi) is 4.95. The topological polar surface area (TPSA) is 86.3 Å². The maximum absolute atomic E-state index is 13.7. The minimum absolute atomic E-state index is 0.124. The van der Waals surface area contributed by atoms with E-state index < -0.39 is 17.2 Å². The molecule has 162 valence electrons. The first kappa shape index (κ1) is 20.8. The molecule has 31 heavy (non-hydrogen) atoms. The van der Waals surface area contributed by atoms with Crippen LogP contribution in [-0.2, 0) is 6.54 Å². The third-order valence-corrected chi connectivity index (χ3v) is 5.55. The molecule has 8 heteroatoms. The van der Waals surface area contributed by atoms with Gasteiger partial charge in [-0.1, -0.05) is 20.8 Å². The van der Waals surface area contributed by atoms with Crippen molar-refractivity contribution in [2.24, 2.45) is 5.41 Å². The number of rotatable bonds is 4. The summed E-state index contributed by atoms with van der Waals surface area (Å²) in [6.45, 7) is 8.88. The van der Waals surface area contributed by atoms with Crippen molar-refractivity contribution in [3.8, 4) is 28.4 Å². The molecule has 0 bridgehead atoms. The van der Waals surface area contributed by atoms with Gasteiger partial charge in [0.15, 0.2) is 5.43 Å². The molecule has 1 atom stereocenters. The van der Waals surface area contributed by atoms with Crippen molar-refractivity contribution in [3.05, 3.63) is 58.1 Å². The fraction of sp³-hybridized carbons (Fsp3) is 0.348. The molecule has 1 aromatic carbocycles. The van der Waals surface area contributed by atoms with Crippen LogP contribution in [0.15, 0.2) is 41.3 Å². The number of hydrogen-bond donors (Lipinski definition) is 1. The fourth-order valence-corrected chi connectivity index (χ4v) is 3.99. The number of fused-ring (bicyclic) bond motifs is 3. The molecule has 0 radical (unpaired) electrons. The lowest BCUT2D eigenvalue weighted by Crippen LogP contribution is -2.35. The van der Waals surface area contributed by atoms with Gasteiger partial charge < -0.3 is 14.4 Å². The first-order valence-corrected chi connectivity index (χ1v) is 10.1. The summed E-state index contributed by atoms with van der Waals surface area (Å²) in [5.74, 6) is -1.26. The number of aromatic carboxylic acids is 1. The van der Waals surface area contributed by atoms with Gasteiger partial charge in [-0.05, 0) is 30.5 Å². The number of benzene rings is 1. The average molecular weight is 425 g/mol. The Hall–Kier alpha value is -3.42.